The van der Waals surface area contributed by atoms with Gasteiger partial charge in [0.2, 0.25) is 5.43 Å². The molecule has 2 saturated heterocycles. The number of amides is 2. The van der Waals surface area contributed by atoms with Crippen LogP contribution in [0.15, 0.2) is 59.5 Å². The molecule has 0 radical (unpaired) electrons. The number of halogens is 2. The highest BCUT2D eigenvalue weighted by Gasteiger charge is 2.48. The van der Waals surface area contributed by atoms with Crippen LogP contribution in [0, 0.1) is 17.6 Å². The van der Waals surface area contributed by atoms with Crippen molar-refractivity contribution in [3.8, 4) is 5.75 Å². The Morgan fingerprint density at radius 2 is 1.79 bits per heavy atom. The van der Waals surface area contributed by atoms with Gasteiger partial charge in [-0.3, -0.25) is 14.4 Å². The molecule has 4 aliphatic rings. The first kappa shape index (κ1) is 24.3. The van der Waals surface area contributed by atoms with Crippen molar-refractivity contribution in [3.05, 3.63) is 99.0 Å². The van der Waals surface area contributed by atoms with Gasteiger partial charge in [-0.15, -0.1) is 0 Å². The molecule has 1 N–H and O–H groups in total. The number of nitrogens with one attached hydrogen (secondary N) is 1. The second-order valence-electron chi connectivity index (χ2n) is 10.2. The van der Waals surface area contributed by atoms with E-state index < -0.39 is 23.0 Å². The van der Waals surface area contributed by atoms with E-state index in [4.69, 9.17) is 4.74 Å². The van der Waals surface area contributed by atoms with Crippen molar-refractivity contribution in [3.63, 3.8) is 0 Å². The number of piperidine rings is 2. The molecule has 9 heteroatoms. The third kappa shape index (κ3) is 4.25. The molecule has 1 atom stereocenters. The summed E-state index contributed by atoms with van der Waals surface area (Å²) in [6.07, 6.45) is 5.45. The van der Waals surface area contributed by atoms with Crippen molar-refractivity contribution >= 4 is 11.8 Å². The van der Waals surface area contributed by atoms with Gasteiger partial charge >= 0.3 is 0 Å². The van der Waals surface area contributed by atoms with Crippen LogP contribution in [0.4, 0.5) is 8.78 Å². The number of ether oxygens (including phenoxy) is 1. The Morgan fingerprint density at radius 1 is 1.03 bits per heavy atom. The maximum Gasteiger partial charge on any atom is 0.275 e. The standard InChI is InChI=1S/C29H27F2N3O4/c30-20-9-6-19(23(31)12-20)13-32-28(36)22-14-33-15-24-18-7-10-21(11-8-18)34(24)29(37)25(33)27(26(22)35)38-16-17-4-2-1-3-5-17/h1-6,9,12,14,18,21,24H,7-8,10-11,13,15-16H2,(H,32,36)/t18-,21-,24-/m0/s1. The molecule has 3 fully saturated rings. The average molecular weight is 520 g/mol. The Bertz CT molecular complexity index is 1460. The Hall–Kier alpha value is -4.01. The van der Waals surface area contributed by atoms with Crippen LogP contribution in [0.5, 0.6) is 5.75 Å². The van der Waals surface area contributed by atoms with Crippen molar-refractivity contribution in [1.82, 2.24) is 14.8 Å². The van der Waals surface area contributed by atoms with Crippen LogP contribution in [-0.2, 0) is 19.7 Å². The first-order chi connectivity index (χ1) is 18.4. The number of aromatic nitrogens is 1. The van der Waals surface area contributed by atoms with E-state index in [1.54, 1.807) is 4.57 Å². The molecule has 2 amide bonds. The van der Waals surface area contributed by atoms with E-state index in [1.165, 1.54) is 12.3 Å². The number of carbonyl (C=O) groups excluding carboxylic acids is 2. The zero-order chi connectivity index (χ0) is 26.4. The van der Waals surface area contributed by atoms with Crippen molar-refractivity contribution in [2.45, 2.75) is 57.5 Å². The molecule has 4 heterocycles. The van der Waals surface area contributed by atoms with E-state index >= 15 is 0 Å². The minimum absolute atomic E-state index is 0.0104. The summed E-state index contributed by atoms with van der Waals surface area (Å²) in [5, 5.41) is 2.55. The molecule has 1 aliphatic carbocycles. The fraction of sp³-hybridized carbons (Fsp3) is 0.345. The third-order valence-electron chi connectivity index (χ3n) is 8.02. The van der Waals surface area contributed by atoms with Gasteiger partial charge in [0.1, 0.15) is 23.8 Å². The van der Waals surface area contributed by atoms with Gasteiger partial charge in [-0.05, 0) is 43.2 Å². The minimum atomic E-state index is -0.794. The first-order valence-corrected chi connectivity index (χ1v) is 12.9. The summed E-state index contributed by atoms with van der Waals surface area (Å²) in [6, 6.07) is 12.5. The fourth-order valence-corrected chi connectivity index (χ4v) is 6.10. The number of rotatable bonds is 6. The highest BCUT2D eigenvalue weighted by atomic mass is 19.1. The Morgan fingerprint density at radius 3 is 2.53 bits per heavy atom. The van der Waals surface area contributed by atoms with Crippen molar-refractivity contribution < 1.29 is 23.1 Å². The van der Waals surface area contributed by atoms with E-state index in [0.717, 1.165) is 43.4 Å². The van der Waals surface area contributed by atoms with E-state index in [0.29, 0.717) is 12.5 Å². The molecule has 3 aromatic rings. The maximum atomic E-state index is 14.1. The SMILES string of the molecule is O=C(NCc1ccc(F)cc1F)c1cn2c(c(OCc3ccccc3)c1=O)C(=O)N1[C@H]3CC[C@@H](CC3)[C@@H]1C2. The van der Waals surface area contributed by atoms with Crippen LogP contribution < -0.4 is 15.5 Å². The summed E-state index contributed by atoms with van der Waals surface area (Å²) >= 11 is 0. The first-order valence-electron chi connectivity index (χ1n) is 12.9. The molecule has 2 aromatic carbocycles. The zero-order valence-corrected chi connectivity index (χ0v) is 20.7. The molecule has 7 rings (SSSR count). The van der Waals surface area contributed by atoms with Crippen LogP contribution in [0.3, 0.4) is 0 Å². The Kier molecular flexibility index (Phi) is 6.21. The number of benzene rings is 2. The second-order valence-corrected chi connectivity index (χ2v) is 10.2. The number of hydrogen-bond acceptors (Lipinski definition) is 4. The summed E-state index contributed by atoms with van der Waals surface area (Å²) in [5.41, 5.74) is 0.170. The molecule has 2 bridgehead atoms. The second kappa shape index (κ2) is 9.70. The van der Waals surface area contributed by atoms with Crippen molar-refractivity contribution in [2.75, 3.05) is 0 Å². The summed E-state index contributed by atoms with van der Waals surface area (Å²) in [7, 11) is 0. The van der Waals surface area contributed by atoms with Gasteiger partial charge in [0.25, 0.3) is 11.8 Å². The predicted octanol–water partition coefficient (Wildman–Crippen LogP) is 4.03. The van der Waals surface area contributed by atoms with E-state index in [-0.39, 0.29) is 53.7 Å². The number of hydrogen-bond donors (Lipinski definition) is 1. The van der Waals surface area contributed by atoms with Crippen molar-refractivity contribution in [1.29, 1.82) is 0 Å². The normalized spacial score (nSPS) is 21.6. The lowest BCUT2D eigenvalue weighted by atomic mass is 9.73. The number of pyridine rings is 1. The van der Waals surface area contributed by atoms with Gasteiger partial charge in [0, 0.05) is 37.0 Å². The average Bonchev–Trinajstić information content (AvgIpc) is 2.93. The molecular weight excluding hydrogens is 492 g/mol. The molecule has 3 aliphatic heterocycles. The summed E-state index contributed by atoms with van der Waals surface area (Å²) in [4.78, 5) is 42.5. The lowest BCUT2D eigenvalue weighted by Gasteiger charge is -2.54. The van der Waals surface area contributed by atoms with Gasteiger partial charge in [-0.2, -0.15) is 0 Å². The molecule has 38 heavy (non-hydrogen) atoms. The fourth-order valence-electron chi connectivity index (χ4n) is 6.10. The van der Waals surface area contributed by atoms with Crippen LogP contribution in [0.1, 0.15) is 57.7 Å². The molecule has 1 aromatic heterocycles. The molecule has 0 spiro atoms. The largest absolute Gasteiger partial charge is 0.483 e. The van der Waals surface area contributed by atoms with Crippen LogP contribution in [-0.4, -0.2) is 33.4 Å². The molecule has 7 nitrogen and oxygen atoms in total. The molecular formula is C29H27F2N3O4. The van der Waals surface area contributed by atoms with Gasteiger partial charge in [-0.1, -0.05) is 36.4 Å². The summed E-state index contributed by atoms with van der Waals surface area (Å²) in [6.45, 7) is 0.292. The lowest BCUT2D eigenvalue weighted by Crippen LogP contribution is -2.62. The minimum Gasteiger partial charge on any atom is -0.483 e. The highest BCUT2D eigenvalue weighted by molar-refractivity contribution is 5.99. The molecule has 0 unspecified atom stereocenters. The predicted molar refractivity (Wildman–Crippen MR) is 135 cm³/mol. The lowest BCUT2D eigenvalue weighted by molar-refractivity contribution is -0.0182. The van der Waals surface area contributed by atoms with Gasteiger partial charge in [0.05, 0.1) is 6.04 Å². The number of nitrogens with zero attached hydrogens (tertiary/aromatic N) is 2. The Labute approximate surface area is 218 Å². The van der Waals surface area contributed by atoms with E-state index in [9.17, 15) is 23.2 Å². The van der Waals surface area contributed by atoms with Crippen molar-refractivity contribution in [2.24, 2.45) is 5.92 Å². The number of fused-ring (bicyclic) bond motifs is 3. The summed E-state index contributed by atoms with van der Waals surface area (Å²) in [5.74, 6) is -2.25. The van der Waals surface area contributed by atoms with Gasteiger partial charge < -0.3 is 19.5 Å². The van der Waals surface area contributed by atoms with E-state index in [1.807, 2.05) is 35.2 Å². The number of carbonyl (C=O) groups is 2. The van der Waals surface area contributed by atoms with Crippen LogP contribution >= 0.6 is 0 Å². The Balaban J connectivity index is 1.36. The monoisotopic (exact) mass is 519 g/mol. The maximum absolute atomic E-state index is 14.1. The smallest absolute Gasteiger partial charge is 0.275 e. The van der Waals surface area contributed by atoms with E-state index in [2.05, 4.69) is 5.32 Å². The quantitative estimate of drug-likeness (QED) is 0.533. The third-order valence-corrected chi connectivity index (χ3v) is 8.02. The topological polar surface area (TPSA) is 80.6 Å². The zero-order valence-electron chi connectivity index (χ0n) is 20.7. The molecule has 196 valence electrons. The highest BCUT2D eigenvalue weighted by Crippen LogP contribution is 2.43. The molecule has 1 saturated carbocycles. The summed E-state index contributed by atoms with van der Waals surface area (Å²) < 4.78 is 35.0. The van der Waals surface area contributed by atoms with Crippen LogP contribution in [0.25, 0.3) is 0 Å². The van der Waals surface area contributed by atoms with Crippen LogP contribution in [0.2, 0.25) is 0 Å². The van der Waals surface area contributed by atoms with Gasteiger partial charge in [0.15, 0.2) is 11.4 Å². The van der Waals surface area contributed by atoms with Gasteiger partial charge in [-0.25, -0.2) is 8.78 Å².